The van der Waals surface area contributed by atoms with Crippen molar-refractivity contribution in [3.05, 3.63) is 30.2 Å². The van der Waals surface area contributed by atoms with E-state index >= 15 is 0 Å². The number of amides is 2. The fraction of sp³-hybridized carbons (Fsp3) is 0.438. The summed E-state index contributed by atoms with van der Waals surface area (Å²) in [5.41, 5.74) is 1.15. The molecule has 0 radical (unpaired) electrons. The molecule has 0 aromatic carbocycles. The minimum atomic E-state index is -0.266. The lowest BCUT2D eigenvalue weighted by Gasteiger charge is -2.32. The summed E-state index contributed by atoms with van der Waals surface area (Å²) in [7, 11) is 0. The van der Waals surface area contributed by atoms with E-state index in [0.717, 1.165) is 18.8 Å². The predicted molar refractivity (Wildman–Crippen MR) is 85.2 cm³/mol. The van der Waals surface area contributed by atoms with Gasteiger partial charge in [-0.15, -0.1) is 0 Å². The highest BCUT2D eigenvalue weighted by atomic mass is 16.2. The zero-order chi connectivity index (χ0) is 16.7. The van der Waals surface area contributed by atoms with Crippen LogP contribution in [0.3, 0.4) is 0 Å². The molecular weight excluding hydrogens is 296 g/mol. The first-order chi connectivity index (χ1) is 11.1. The number of rotatable bonds is 5. The van der Waals surface area contributed by atoms with E-state index in [9.17, 15) is 14.4 Å². The van der Waals surface area contributed by atoms with Crippen molar-refractivity contribution in [2.75, 3.05) is 24.5 Å². The molecule has 7 nitrogen and oxygen atoms in total. The van der Waals surface area contributed by atoms with Gasteiger partial charge in [0.2, 0.25) is 11.8 Å². The number of pyridine rings is 1. The maximum absolute atomic E-state index is 12.2. The molecule has 1 fully saturated rings. The standard InChI is InChI=1S/C16H20N4O3/c1-12(22)18-10-14(11-21)19-16(23)13-4-8-20(9-5-13)15-2-6-17-7-3-15/h2-3,6-7,13H,4-5,8-10H2,1H3,(H,18,22)(H,19,23). The lowest BCUT2D eigenvalue weighted by Crippen LogP contribution is -2.41. The Morgan fingerprint density at radius 2 is 1.96 bits per heavy atom. The molecule has 1 saturated heterocycles. The van der Waals surface area contributed by atoms with Crippen molar-refractivity contribution in [1.82, 2.24) is 15.6 Å². The van der Waals surface area contributed by atoms with Crippen molar-refractivity contribution in [3.8, 4) is 0 Å². The van der Waals surface area contributed by atoms with Gasteiger partial charge in [-0.3, -0.25) is 14.6 Å². The molecular formula is C16H20N4O3. The Balaban J connectivity index is 1.83. The molecule has 7 heteroatoms. The van der Waals surface area contributed by atoms with Gasteiger partial charge in [-0.25, -0.2) is 4.79 Å². The highest BCUT2D eigenvalue weighted by molar-refractivity contribution is 5.83. The van der Waals surface area contributed by atoms with Crippen LogP contribution in [-0.2, 0) is 14.4 Å². The van der Waals surface area contributed by atoms with Gasteiger partial charge in [0.25, 0.3) is 0 Å². The summed E-state index contributed by atoms with van der Waals surface area (Å²) in [5, 5.41) is 5.02. The summed E-state index contributed by atoms with van der Waals surface area (Å²) >= 11 is 0. The number of carbonyl (C=O) groups excluding carboxylic acids is 3. The monoisotopic (exact) mass is 316 g/mol. The van der Waals surface area contributed by atoms with E-state index in [1.807, 2.05) is 12.1 Å². The van der Waals surface area contributed by atoms with Gasteiger partial charge in [-0.2, -0.15) is 0 Å². The zero-order valence-electron chi connectivity index (χ0n) is 13.0. The van der Waals surface area contributed by atoms with Crippen molar-refractivity contribution in [3.63, 3.8) is 0 Å². The average Bonchev–Trinajstić information content (AvgIpc) is 2.59. The van der Waals surface area contributed by atoms with Crippen molar-refractivity contribution in [1.29, 1.82) is 0 Å². The van der Waals surface area contributed by atoms with Crippen LogP contribution in [0.1, 0.15) is 19.8 Å². The Hall–Kier alpha value is -2.66. The van der Waals surface area contributed by atoms with E-state index in [2.05, 4.69) is 20.5 Å². The first kappa shape index (κ1) is 16.7. The Morgan fingerprint density at radius 3 is 2.52 bits per heavy atom. The Bertz CT molecular complexity index is 603. The van der Waals surface area contributed by atoms with E-state index in [-0.39, 0.29) is 30.0 Å². The van der Waals surface area contributed by atoms with Crippen LogP contribution in [0.5, 0.6) is 0 Å². The highest BCUT2D eigenvalue weighted by Gasteiger charge is 2.25. The van der Waals surface area contributed by atoms with Crippen LogP contribution >= 0.6 is 0 Å². The van der Waals surface area contributed by atoms with E-state index < -0.39 is 0 Å². The van der Waals surface area contributed by atoms with Gasteiger partial charge < -0.3 is 15.5 Å². The van der Waals surface area contributed by atoms with Crippen LogP contribution in [0, 0.1) is 5.92 Å². The molecule has 2 N–H and O–H groups in total. The molecule has 2 rings (SSSR count). The fourth-order valence-electron chi connectivity index (χ4n) is 2.52. The van der Waals surface area contributed by atoms with Gasteiger partial charge in [0.15, 0.2) is 0 Å². The molecule has 0 saturated carbocycles. The normalized spacial score (nSPS) is 14.7. The number of carbonyl (C=O) groups is 2. The molecule has 2 amide bonds. The predicted octanol–water partition coefficient (Wildman–Crippen LogP) is 0.266. The lowest BCUT2D eigenvalue weighted by molar-refractivity contribution is -0.125. The topological polar surface area (TPSA) is 91.4 Å². The first-order valence-corrected chi connectivity index (χ1v) is 7.54. The molecule has 0 spiro atoms. The van der Waals surface area contributed by atoms with E-state index in [1.54, 1.807) is 18.3 Å². The third kappa shape index (κ3) is 4.93. The lowest BCUT2D eigenvalue weighted by atomic mass is 9.95. The van der Waals surface area contributed by atoms with Crippen molar-refractivity contribution in [2.45, 2.75) is 19.8 Å². The highest BCUT2D eigenvalue weighted by Crippen LogP contribution is 2.22. The van der Waals surface area contributed by atoms with E-state index in [4.69, 9.17) is 0 Å². The third-order valence-electron chi connectivity index (χ3n) is 3.81. The molecule has 1 aliphatic rings. The molecule has 0 bridgehead atoms. The van der Waals surface area contributed by atoms with E-state index in [0.29, 0.717) is 12.8 Å². The number of anilines is 1. The zero-order valence-corrected chi connectivity index (χ0v) is 13.0. The fourth-order valence-corrected chi connectivity index (χ4v) is 2.52. The molecule has 1 aromatic heterocycles. The molecule has 122 valence electrons. The minimum absolute atomic E-state index is 0.0135. The Labute approximate surface area is 134 Å². The molecule has 1 aromatic rings. The summed E-state index contributed by atoms with van der Waals surface area (Å²) in [6.07, 6.45) is 4.91. The second kappa shape index (κ2) is 8.10. The second-order valence-corrected chi connectivity index (χ2v) is 5.45. The Kier molecular flexibility index (Phi) is 5.88. The summed E-state index contributed by atoms with van der Waals surface area (Å²) in [6.45, 7) is 2.88. The number of hydrogen-bond acceptors (Lipinski definition) is 5. The maximum atomic E-state index is 12.2. The second-order valence-electron chi connectivity index (χ2n) is 5.45. The van der Waals surface area contributed by atoms with Crippen LogP contribution in [0.4, 0.5) is 5.69 Å². The Morgan fingerprint density at radius 1 is 1.30 bits per heavy atom. The van der Waals surface area contributed by atoms with Gasteiger partial charge in [-0.1, -0.05) is 0 Å². The van der Waals surface area contributed by atoms with Crippen molar-refractivity contribution in [2.24, 2.45) is 5.92 Å². The van der Waals surface area contributed by atoms with Crippen LogP contribution in [-0.4, -0.2) is 42.4 Å². The van der Waals surface area contributed by atoms with Crippen molar-refractivity contribution < 1.29 is 14.4 Å². The molecule has 0 atom stereocenters. The molecule has 1 aliphatic heterocycles. The summed E-state index contributed by atoms with van der Waals surface area (Å²) < 4.78 is 0. The third-order valence-corrected chi connectivity index (χ3v) is 3.81. The smallest absolute Gasteiger partial charge is 0.227 e. The van der Waals surface area contributed by atoms with Gasteiger partial charge in [0, 0.05) is 44.0 Å². The van der Waals surface area contributed by atoms with Gasteiger partial charge in [0.1, 0.15) is 11.6 Å². The van der Waals surface area contributed by atoms with Gasteiger partial charge in [0.05, 0.1) is 6.54 Å². The van der Waals surface area contributed by atoms with Crippen LogP contribution in [0.2, 0.25) is 0 Å². The molecule has 23 heavy (non-hydrogen) atoms. The van der Waals surface area contributed by atoms with Crippen molar-refractivity contribution >= 4 is 23.4 Å². The summed E-state index contributed by atoms with van der Waals surface area (Å²) in [4.78, 5) is 40.1. The molecule has 2 heterocycles. The van der Waals surface area contributed by atoms with Crippen LogP contribution < -0.4 is 15.5 Å². The van der Waals surface area contributed by atoms with Crippen LogP contribution in [0.15, 0.2) is 30.2 Å². The first-order valence-electron chi connectivity index (χ1n) is 7.54. The molecule has 0 unspecified atom stereocenters. The maximum Gasteiger partial charge on any atom is 0.227 e. The number of aromatic nitrogens is 1. The SMILES string of the molecule is CC(=O)NCC(=C=O)NC(=O)C1CCN(c2ccncc2)CC1. The number of nitrogens with zero attached hydrogens (tertiary/aromatic N) is 2. The van der Waals surface area contributed by atoms with Crippen LogP contribution in [0.25, 0.3) is 0 Å². The average molecular weight is 316 g/mol. The van der Waals surface area contributed by atoms with Gasteiger partial charge >= 0.3 is 0 Å². The minimum Gasteiger partial charge on any atom is -0.371 e. The number of piperidine rings is 1. The quantitative estimate of drug-likeness (QED) is 0.761. The molecule has 0 aliphatic carbocycles. The van der Waals surface area contributed by atoms with Gasteiger partial charge in [-0.05, 0) is 25.0 Å². The summed E-state index contributed by atoms with van der Waals surface area (Å²) in [6, 6.07) is 3.89. The number of nitrogens with one attached hydrogen (secondary N) is 2. The number of hydrogen-bond donors (Lipinski definition) is 2. The summed E-state index contributed by atoms with van der Waals surface area (Å²) in [5.74, 6) is 1.06. The largest absolute Gasteiger partial charge is 0.371 e. The van der Waals surface area contributed by atoms with E-state index in [1.165, 1.54) is 6.92 Å².